The Balaban J connectivity index is 2.07. The lowest BCUT2D eigenvalue weighted by Crippen LogP contribution is -2.07. The van der Waals surface area contributed by atoms with Gasteiger partial charge in [0.1, 0.15) is 5.75 Å². The van der Waals surface area contributed by atoms with Gasteiger partial charge in [0.05, 0.1) is 16.8 Å². The second-order valence-corrected chi connectivity index (χ2v) is 4.95. The van der Waals surface area contributed by atoms with Gasteiger partial charge in [-0.15, -0.1) is 0 Å². The first-order valence-corrected chi connectivity index (χ1v) is 6.89. The molecule has 0 saturated heterocycles. The molecule has 0 amide bonds. The zero-order chi connectivity index (χ0) is 14.8. The summed E-state index contributed by atoms with van der Waals surface area (Å²) >= 11 is 0. The van der Waals surface area contributed by atoms with E-state index in [1.165, 1.54) is 0 Å². The van der Waals surface area contributed by atoms with E-state index in [1.807, 2.05) is 51.4 Å². The number of nitrogens with zero attached hydrogens (tertiary/aromatic N) is 3. The van der Waals surface area contributed by atoms with Crippen molar-refractivity contribution in [3.63, 3.8) is 0 Å². The van der Waals surface area contributed by atoms with Crippen molar-refractivity contribution < 1.29 is 4.74 Å². The Morgan fingerprint density at radius 1 is 1.24 bits per heavy atom. The van der Waals surface area contributed by atoms with Gasteiger partial charge in [-0.25, -0.2) is 4.68 Å². The third-order valence-corrected chi connectivity index (χ3v) is 3.45. The minimum absolute atomic E-state index is 0.720. The number of benzene rings is 1. The highest BCUT2D eigenvalue weighted by Gasteiger charge is 2.15. The summed E-state index contributed by atoms with van der Waals surface area (Å²) < 4.78 is 7.92. The lowest BCUT2D eigenvalue weighted by molar-refractivity contribution is 0.429. The van der Waals surface area contributed by atoms with Crippen LogP contribution in [0.15, 0.2) is 36.5 Å². The third kappa shape index (κ3) is 2.48. The molecule has 0 atom stereocenters. The Morgan fingerprint density at radius 2 is 2.10 bits per heavy atom. The Bertz CT molecular complexity index is 774. The summed E-state index contributed by atoms with van der Waals surface area (Å²) in [6.45, 7) is 2.71. The molecule has 0 unspecified atom stereocenters. The van der Waals surface area contributed by atoms with E-state index in [-0.39, 0.29) is 0 Å². The summed E-state index contributed by atoms with van der Waals surface area (Å²) in [5.41, 5.74) is 2.96. The molecule has 1 aromatic carbocycles. The molecule has 3 rings (SSSR count). The monoisotopic (exact) mass is 282 g/mol. The van der Waals surface area contributed by atoms with Crippen molar-refractivity contribution in [1.82, 2.24) is 20.1 Å². The summed E-state index contributed by atoms with van der Waals surface area (Å²) in [7, 11) is 3.81. The van der Waals surface area contributed by atoms with Gasteiger partial charge in [0, 0.05) is 25.2 Å². The zero-order valence-electron chi connectivity index (χ0n) is 12.4. The van der Waals surface area contributed by atoms with Gasteiger partial charge in [-0.05, 0) is 38.2 Å². The van der Waals surface area contributed by atoms with Crippen LogP contribution in [0.25, 0.3) is 10.9 Å². The van der Waals surface area contributed by atoms with E-state index in [9.17, 15) is 0 Å². The lowest BCUT2D eigenvalue weighted by atomic mass is 10.2. The molecule has 21 heavy (non-hydrogen) atoms. The highest BCUT2D eigenvalue weighted by molar-refractivity contribution is 5.85. The van der Waals surface area contributed by atoms with Gasteiger partial charge in [0.2, 0.25) is 5.88 Å². The van der Waals surface area contributed by atoms with E-state index >= 15 is 0 Å². The molecule has 5 nitrogen and oxygen atoms in total. The van der Waals surface area contributed by atoms with Crippen LogP contribution >= 0.6 is 0 Å². The van der Waals surface area contributed by atoms with Gasteiger partial charge < -0.3 is 10.1 Å². The summed E-state index contributed by atoms with van der Waals surface area (Å²) in [5, 5.41) is 8.59. The van der Waals surface area contributed by atoms with Crippen LogP contribution in [-0.4, -0.2) is 21.8 Å². The van der Waals surface area contributed by atoms with Crippen molar-refractivity contribution in [1.29, 1.82) is 0 Å². The van der Waals surface area contributed by atoms with E-state index in [0.717, 1.165) is 40.3 Å². The summed E-state index contributed by atoms with van der Waals surface area (Å²) in [4.78, 5) is 4.36. The average molecular weight is 282 g/mol. The molecule has 2 aromatic heterocycles. The molecule has 2 heterocycles. The average Bonchev–Trinajstić information content (AvgIpc) is 2.75. The number of hydrogen-bond donors (Lipinski definition) is 1. The second kappa shape index (κ2) is 5.54. The van der Waals surface area contributed by atoms with Crippen molar-refractivity contribution in [2.24, 2.45) is 7.05 Å². The highest BCUT2D eigenvalue weighted by Crippen LogP contribution is 2.31. The van der Waals surface area contributed by atoms with Crippen molar-refractivity contribution in [3.05, 3.63) is 47.8 Å². The number of aryl methyl sites for hydroxylation is 2. The maximum atomic E-state index is 6.15. The topological polar surface area (TPSA) is 52.0 Å². The molecule has 1 N–H and O–H groups in total. The Labute approximate surface area is 123 Å². The quantitative estimate of drug-likeness (QED) is 0.799. The van der Waals surface area contributed by atoms with Crippen molar-refractivity contribution in [2.45, 2.75) is 13.5 Å². The lowest BCUT2D eigenvalue weighted by Gasteiger charge is -2.10. The number of nitrogens with one attached hydrogen (secondary N) is 1. The Morgan fingerprint density at radius 3 is 2.90 bits per heavy atom. The molecule has 0 bridgehead atoms. The molecule has 0 spiro atoms. The molecule has 0 aliphatic rings. The summed E-state index contributed by atoms with van der Waals surface area (Å²) in [6, 6.07) is 9.81. The van der Waals surface area contributed by atoms with Crippen LogP contribution < -0.4 is 10.1 Å². The normalized spacial score (nSPS) is 11.0. The van der Waals surface area contributed by atoms with Gasteiger partial charge >= 0.3 is 0 Å². The molecule has 0 aliphatic heterocycles. The smallest absolute Gasteiger partial charge is 0.222 e. The number of pyridine rings is 1. The number of aromatic nitrogens is 3. The fourth-order valence-corrected chi connectivity index (χ4v) is 2.46. The number of hydrogen-bond acceptors (Lipinski definition) is 4. The minimum Gasteiger partial charge on any atom is -0.438 e. The summed E-state index contributed by atoms with van der Waals surface area (Å²) in [5.74, 6) is 1.55. The predicted molar refractivity (Wildman–Crippen MR) is 82.5 cm³/mol. The van der Waals surface area contributed by atoms with Gasteiger partial charge in [-0.2, -0.15) is 5.10 Å². The van der Waals surface area contributed by atoms with Gasteiger partial charge in [0.25, 0.3) is 0 Å². The van der Waals surface area contributed by atoms with Gasteiger partial charge in [0.15, 0.2) is 0 Å². The molecular formula is C16H18N4O. The van der Waals surface area contributed by atoms with Crippen LogP contribution in [0.5, 0.6) is 11.6 Å². The fraction of sp³-hybridized carbons (Fsp3) is 0.250. The summed E-state index contributed by atoms with van der Waals surface area (Å²) in [6.07, 6.45) is 1.78. The van der Waals surface area contributed by atoms with Crippen LogP contribution in [-0.2, 0) is 13.6 Å². The molecule has 0 fully saturated rings. The van der Waals surface area contributed by atoms with Crippen LogP contribution in [0.1, 0.15) is 11.3 Å². The molecule has 0 aliphatic carbocycles. The molecule has 0 radical (unpaired) electrons. The standard InChI is InChI=1S/C16H18N4O/c1-11-13(10-17-2)16(20(3)19-11)21-15-8-4-7-14-12(15)6-5-9-18-14/h4-9,17H,10H2,1-3H3. The molecular weight excluding hydrogens is 264 g/mol. The van der Waals surface area contributed by atoms with Crippen molar-refractivity contribution in [3.8, 4) is 11.6 Å². The maximum Gasteiger partial charge on any atom is 0.222 e. The number of fused-ring (bicyclic) bond motifs is 1. The molecule has 3 aromatic rings. The third-order valence-electron chi connectivity index (χ3n) is 3.45. The van der Waals surface area contributed by atoms with E-state index in [1.54, 1.807) is 10.9 Å². The minimum atomic E-state index is 0.720. The van der Waals surface area contributed by atoms with Crippen LogP contribution in [0, 0.1) is 6.92 Å². The van der Waals surface area contributed by atoms with Crippen molar-refractivity contribution in [2.75, 3.05) is 7.05 Å². The van der Waals surface area contributed by atoms with Crippen LogP contribution in [0.2, 0.25) is 0 Å². The van der Waals surface area contributed by atoms with E-state index in [0.29, 0.717) is 0 Å². The van der Waals surface area contributed by atoms with E-state index < -0.39 is 0 Å². The zero-order valence-corrected chi connectivity index (χ0v) is 12.4. The molecule has 108 valence electrons. The van der Waals surface area contributed by atoms with Gasteiger partial charge in [-0.1, -0.05) is 6.07 Å². The van der Waals surface area contributed by atoms with Crippen LogP contribution in [0.4, 0.5) is 0 Å². The van der Waals surface area contributed by atoms with E-state index in [4.69, 9.17) is 4.74 Å². The first-order chi connectivity index (χ1) is 10.2. The first kappa shape index (κ1) is 13.6. The maximum absolute atomic E-state index is 6.15. The predicted octanol–water partition coefficient (Wildman–Crippen LogP) is 2.79. The second-order valence-electron chi connectivity index (χ2n) is 4.95. The van der Waals surface area contributed by atoms with Gasteiger partial charge in [-0.3, -0.25) is 4.98 Å². The van der Waals surface area contributed by atoms with Crippen LogP contribution in [0.3, 0.4) is 0 Å². The fourth-order valence-electron chi connectivity index (χ4n) is 2.46. The number of rotatable bonds is 4. The Hall–Kier alpha value is -2.40. The largest absolute Gasteiger partial charge is 0.438 e. The Kier molecular flexibility index (Phi) is 3.58. The molecule has 0 saturated carbocycles. The first-order valence-electron chi connectivity index (χ1n) is 6.89. The van der Waals surface area contributed by atoms with E-state index in [2.05, 4.69) is 15.4 Å². The van der Waals surface area contributed by atoms with Crippen molar-refractivity contribution >= 4 is 10.9 Å². The molecule has 5 heteroatoms. The number of ether oxygens (including phenoxy) is 1. The highest BCUT2D eigenvalue weighted by atomic mass is 16.5. The SMILES string of the molecule is CNCc1c(C)nn(C)c1Oc1cccc2ncccc12.